The van der Waals surface area contributed by atoms with Crippen molar-refractivity contribution in [3.63, 3.8) is 0 Å². The van der Waals surface area contributed by atoms with E-state index in [2.05, 4.69) is 96.1 Å². The van der Waals surface area contributed by atoms with E-state index in [9.17, 15) is 25.3 Å². The number of rotatable bonds is 14. The molecule has 0 N–H and O–H groups in total. The third kappa shape index (κ3) is 13.9. The minimum Gasteiger partial charge on any atom is -0.224 e. The average molecular weight is 1070 g/mol. The second-order valence-electron chi connectivity index (χ2n) is 22.9. The molecule has 0 amide bonds. The molecule has 9 heteroatoms. The highest BCUT2D eigenvalue weighted by Crippen LogP contribution is 2.51. The van der Waals surface area contributed by atoms with E-state index in [4.69, 9.17) is 0 Å². The predicted molar refractivity (Wildman–Crippen MR) is 313 cm³/mol. The average Bonchev–Trinajstić information content (AvgIpc) is 3.67. The lowest BCUT2D eigenvalue weighted by atomic mass is 9.71. The fourth-order valence-corrected chi connectivity index (χ4v) is 20.0. The van der Waals surface area contributed by atoms with Crippen molar-refractivity contribution in [3.8, 4) is 0 Å². The van der Waals surface area contributed by atoms with Crippen LogP contribution in [-0.2, 0) is 29.5 Å². The summed E-state index contributed by atoms with van der Waals surface area (Å²) in [4.78, 5) is 1.65. The number of benzene rings is 5. The normalized spacial score (nSPS) is 25.5. The number of hydrogen-bond donors (Lipinski definition) is 0. The quantitative estimate of drug-likeness (QED) is 0.110. The van der Waals surface area contributed by atoms with E-state index in [-0.39, 0.29) is 39.6 Å². The summed E-state index contributed by atoms with van der Waals surface area (Å²) >= 11 is 0. The van der Waals surface area contributed by atoms with Crippen molar-refractivity contribution in [1.29, 1.82) is 0 Å². The van der Waals surface area contributed by atoms with Crippen LogP contribution < -0.4 is 0 Å². The monoisotopic (exact) mass is 1070 g/mol. The van der Waals surface area contributed by atoms with E-state index in [1.165, 1.54) is 41.5 Å². The molecule has 0 saturated heterocycles. The minimum absolute atomic E-state index is 0.104. The Morgan fingerprint density at radius 3 is 1.20 bits per heavy atom. The zero-order valence-corrected chi connectivity index (χ0v) is 48.7. The Balaban J connectivity index is 0.000000164. The van der Waals surface area contributed by atoms with Gasteiger partial charge in [-0.05, 0) is 151 Å². The Morgan fingerprint density at radius 2 is 0.773 bits per heavy atom. The van der Waals surface area contributed by atoms with Gasteiger partial charge in [0.1, 0.15) is 0 Å². The van der Waals surface area contributed by atoms with E-state index >= 15 is 0 Å². The summed E-state index contributed by atoms with van der Waals surface area (Å²) in [6, 6.07) is 43.8. The topological polar surface area (TPSA) is 102 Å². The Hall–Kier alpha value is -4.31. The van der Waals surface area contributed by atoms with Gasteiger partial charge in [0, 0.05) is 11.8 Å². The van der Waals surface area contributed by atoms with Crippen LogP contribution in [0.3, 0.4) is 0 Å². The molecule has 0 aromatic heterocycles. The lowest BCUT2D eigenvalue weighted by molar-refractivity contribution is 0.247. The molecular weight excluding hydrogens is 985 g/mol. The fraction of sp³-hybridized carbons (Fsp3) is 0.515. The molecule has 5 aromatic carbocycles. The van der Waals surface area contributed by atoms with Crippen molar-refractivity contribution in [2.75, 3.05) is 17.3 Å². The summed E-state index contributed by atoms with van der Waals surface area (Å²) < 4.78 is 79.3. The van der Waals surface area contributed by atoms with Gasteiger partial charge in [-0.1, -0.05) is 207 Å². The van der Waals surface area contributed by atoms with Gasteiger partial charge in [-0.15, -0.1) is 0 Å². The Labute approximate surface area is 454 Å². The molecule has 9 rings (SSSR count). The van der Waals surface area contributed by atoms with E-state index in [1.54, 1.807) is 12.1 Å². The summed E-state index contributed by atoms with van der Waals surface area (Å²) in [5.41, 5.74) is 7.91. The summed E-state index contributed by atoms with van der Waals surface area (Å²) in [5.74, 6) is 1.15. The maximum atomic E-state index is 13.2. The smallest absolute Gasteiger partial charge is 0.179 e. The molecule has 2 unspecified atom stereocenters. The maximum absolute atomic E-state index is 13.2. The van der Waals surface area contributed by atoms with Crippen molar-refractivity contribution in [3.05, 3.63) is 167 Å². The second kappa shape index (κ2) is 25.9. The summed E-state index contributed by atoms with van der Waals surface area (Å²) in [5, 5.41) is 0. The van der Waals surface area contributed by atoms with Crippen molar-refractivity contribution in [2.45, 2.75) is 196 Å². The van der Waals surface area contributed by atoms with Gasteiger partial charge < -0.3 is 0 Å². The van der Waals surface area contributed by atoms with Gasteiger partial charge in [-0.2, -0.15) is 0 Å². The lowest BCUT2D eigenvalue weighted by Crippen LogP contribution is -2.29. The van der Waals surface area contributed by atoms with Gasteiger partial charge in [0.2, 0.25) is 0 Å². The highest BCUT2D eigenvalue weighted by molar-refractivity contribution is 7.92. The number of hydrogen-bond acceptors (Lipinski definition) is 6. The van der Waals surface area contributed by atoms with Crippen molar-refractivity contribution in [2.24, 2.45) is 16.2 Å². The number of allylic oxidation sites excluding steroid dienone is 2. The maximum Gasteiger partial charge on any atom is 0.179 e. The molecule has 0 spiro atoms. The first kappa shape index (κ1) is 58.4. The first-order valence-corrected chi connectivity index (χ1v) is 33.8. The van der Waals surface area contributed by atoms with Crippen molar-refractivity contribution >= 4 is 35.1 Å². The highest BCUT2D eigenvalue weighted by atomic mass is 32.2. The van der Waals surface area contributed by atoms with Crippen LogP contribution in [0.25, 0.3) is 5.57 Å². The van der Waals surface area contributed by atoms with Crippen LogP contribution in [0.2, 0.25) is 0 Å². The molecule has 3 heterocycles. The molecule has 406 valence electrons. The van der Waals surface area contributed by atoms with Crippen LogP contribution in [0.15, 0.2) is 154 Å². The zero-order valence-electron chi connectivity index (χ0n) is 46.3. The van der Waals surface area contributed by atoms with Crippen LogP contribution in [0.1, 0.15) is 210 Å². The first-order chi connectivity index (χ1) is 36.0. The molecule has 5 aromatic rings. The molecule has 5 atom stereocenters. The summed E-state index contributed by atoms with van der Waals surface area (Å²) in [7, 11) is -9.77. The number of unbranched alkanes of at least 4 members (excludes halogenated alkanes) is 3. The second-order valence-corrected chi connectivity index (χ2v) is 28.7. The van der Waals surface area contributed by atoms with Crippen LogP contribution in [0, 0.1) is 16.2 Å². The van der Waals surface area contributed by atoms with Gasteiger partial charge in [0.05, 0.1) is 31.9 Å². The van der Waals surface area contributed by atoms with E-state index in [0.29, 0.717) is 20.4 Å². The Kier molecular flexibility index (Phi) is 20.2. The van der Waals surface area contributed by atoms with Crippen molar-refractivity contribution in [1.82, 2.24) is 0 Å². The molecular formula is C66H88O6S3. The van der Waals surface area contributed by atoms with Gasteiger partial charge in [-0.25, -0.2) is 25.3 Å². The zero-order chi connectivity index (χ0) is 53.7. The molecule has 75 heavy (non-hydrogen) atoms. The minimum atomic E-state index is -3.27. The van der Waals surface area contributed by atoms with Crippen LogP contribution >= 0.6 is 0 Å². The van der Waals surface area contributed by atoms with Gasteiger partial charge in [0.15, 0.2) is 29.5 Å². The van der Waals surface area contributed by atoms with Crippen LogP contribution in [-0.4, -0.2) is 42.5 Å². The SMILES string of the molecule is CCCCC1(CC)CC(=C2CCCCC2)c2ccccc2S(=O)(=O)C1.CCCC[C@@]1(CC)CC(c2ccccc2)c2ccccc2S(=O)(=O)C1.CCCC[C@@]1(CC)C[C@@H](c2ccccc2)c2ccccc2S(=O)(=O)C1. The lowest BCUT2D eigenvalue weighted by Gasteiger charge is -2.34. The largest absolute Gasteiger partial charge is 0.224 e. The van der Waals surface area contributed by atoms with Gasteiger partial charge >= 0.3 is 0 Å². The van der Waals surface area contributed by atoms with E-state index in [1.807, 2.05) is 66.7 Å². The number of sulfone groups is 3. The first-order valence-electron chi connectivity index (χ1n) is 28.8. The molecule has 1 aliphatic carbocycles. The third-order valence-corrected chi connectivity index (χ3v) is 23.9. The van der Waals surface area contributed by atoms with Crippen LogP contribution in [0.4, 0.5) is 0 Å². The molecule has 6 nitrogen and oxygen atoms in total. The van der Waals surface area contributed by atoms with Gasteiger partial charge in [0.25, 0.3) is 0 Å². The molecule has 0 bridgehead atoms. The van der Waals surface area contributed by atoms with Gasteiger partial charge in [-0.3, -0.25) is 0 Å². The Bertz CT molecular complexity index is 2870. The summed E-state index contributed by atoms with van der Waals surface area (Å²) in [6.45, 7) is 13.1. The number of fused-ring (bicyclic) bond motifs is 3. The Morgan fingerprint density at radius 1 is 0.413 bits per heavy atom. The third-order valence-electron chi connectivity index (χ3n) is 17.8. The molecule has 4 aliphatic rings. The summed E-state index contributed by atoms with van der Waals surface area (Å²) in [6.07, 6.45) is 21.2. The molecule has 3 aliphatic heterocycles. The standard InChI is InChI=1S/C22H32O2S.2C22H28O2S/c3*1-3-5-15-22(4-2)16-20(18-11-7-6-8-12-18)19-13-9-10-14-21(19)25(23,24)17-22/h9-10,13-14H,3-8,11-12,15-17H2,1-2H3;2*6-14,20H,3-5,15-17H2,1-2H3/t;20?,22-;20-,22-/m.00/s1. The molecule has 1 fully saturated rings. The molecule has 1 saturated carbocycles. The fourth-order valence-electron chi connectivity index (χ4n) is 13.2. The van der Waals surface area contributed by atoms with Crippen LogP contribution in [0.5, 0.6) is 0 Å². The highest BCUT2D eigenvalue weighted by Gasteiger charge is 2.44. The van der Waals surface area contributed by atoms with E-state index in [0.717, 1.165) is 126 Å². The van der Waals surface area contributed by atoms with Crippen molar-refractivity contribution < 1.29 is 25.3 Å². The van der Waals surface area contributed by atoms with E-state index < -0.39 is 29.5 Å². The molecule has 0 radical (unpaired) electrons. The predicted octanol–water partition coefficient (Wildman–Crippen LogP) is 17.3.